The number of methoxy groups -OCH3 is 2. The first-order valence-corrected chi connectivity index (χ1v) is 5.54. The standard InChI is InChI=1S/C12H22O2/c1-11(2)8-6-9(11)12(3,14-5)10(7-8)13-4/h8-10H,6-7H2,1-5H3/t8-,9-,10?,12+/m1/s1. The van der Waals surface area contributed by atoms with Gasteiger partial charge in [0.05, 0.1) is 11.7 Å². The Balaban J connectivity index is 2.26. The van der Waals surface area contributed by atoms with E-state index in [-0.39, 0.29) is 11.7 Å². The molecular weight excluding hydrogens is 176 g/mol. The van der Waals surface area contributed by atoms with Crippen molar-refractivity contribution in [2.75, 3.05) is 14.2 Å². The van der Waals surface area contributed by atoms with Crippen LogP contribution in [0.15, 0.2) is 0 Å². The summed E-state index contributed by atoms with van der Waals surface area (Å²) in [5.41, 5.74) is 0.368. The Labute approximate surface area is 87.0 Å². The molecule has 14 heavy (non-hydrogen) atoms. The summed E-state index contributed by atoms with van der Waals surface area (Å²) < 4.78 is 11.3. The molecule has 0 aromatic carbocycles. The Morgan fingerprint density at radius 1 is 1.07 bits per heavy atom. The van der Waals surface area contributed by atoms with E-state index in [0.29, 0.717) is 11.3 Å². The predicted octanol–water partition coefficient (Wildman–Crippen LogP) is 2.47. The molecule has 3 aliphatic rings. The van der Waals surface area contributed by atoms with Crippen LogP contribution in [0.25, 0.3) is 0 Å². The van der Waals surface area contributed by atoms with Gasteiger partial charge in [0, 0.05) is 14.2 Å². The number of ether oxygens (including phenoxy) is 2. The maximum absolute atomic E-state index is 5.74. The van der Waals surface area contributed by atoms with Crippen LogP contribution in [-0.4, -0.2) is 25.9 Å². The van der Waals surface area contributed by atoms with E-state index in [2.05, 4.69) is 20.8 Å². The molecule has 0 heterocycles. The first kappa shape index (κ1) is 10.4. The summed E-state index contributed by atoms with van der Waals surface area (Å²) in [5.74, 6) is 1.49. The minimum atomic E-state index is -0.0764. The zero-order chi connectivity index (χ0) is 10.6. The van der Waals surface area contributed by atoms with E-state index >= 15 is 0 Å². The van der Waals surface area contributed by atoms with Crippen molar-refractivity contribution in [2.24, 2.45) is 17.3 Å². The number of fused-ring (bicyclic) bond motifs is 2. The van der Waals surface area contributed by atoms with E-state index in [1.54, 1.807) is 7.11 Å². The SMILES string of the molecule is COC1C[C@H]2C[C@H](C2(C)C)[C@]1(C)OC. The second-order valence-corrected chi connectivity index (χ2v) is 5.65. The van der Waals surface area contributed by atoms with Gasteiger partial charge in [-0.25, -0.2) is 0 Å². The molecule has 2 bridgehead atoms. The fourth-order valence-electron chi connectivity index (χ4n) is 3.71. The van der Waals surface area contributed by atoms with E-state index in [1.807, 2.05) is 7.11 Å². The molecule has 3 rings (SSSR count). The second-order valence-electron chi connectivity index (χ2n) is 5.65. The molecule has 4 atom stereocenters. The number of rotatable bonds is 2. The van der Waals surface area contributed by atoms with Crippen molar-refractivity contribution < 1.29 is 9.47 Å². The Morgan fingerprint density at radius 3 is 2.14 bits per heavy atom. The van der Waals surface area contributed by atoms with E-state index in [0.717, 1.165) is 12.3 Å². The largest absolute Gasteiger partial charge is 0.378 e. The van der Waals surface area contributed by atoms with Gasteiger partial charge in [0.2, 0.25) is 0 Å². The lowest BCUT2D eigenvalue weighted by Crippen LogP contribution is -2.67. The average Bonchev–Trinajstić information content (AvgIpc) is 2.17. The third-order valence-corrected chi connectivity index (χ3v) is 5.02. The summed E-state index contributed by atoms with van der Waals surface area (Å²) in [6.45, 7) is 6.95. The molecule has 82 valence electrons. The van der Waals surface area contributed by atoms with Gasteiger partial charge in [-0.1, -0.05) is 13.8 Å². The van der Waals surface area contributed by atoms with Gasteiger partial charge >= 0.3 is 0 Å². The van der Waals surface area contributed by atoms with Crippen molar-refractivity contribution in [3.63, 3.8) is 0 Å². The van der Waals surface area contributed by atoms with Crippen LogP contribution < -0.4 is 0 Å². The van der Waals surface area contributed by atoms with Gasteiger partial charge in [-0.05, 0) is 37.0 Å². The molecule has 0 saturated heterocycles. The van der Waals surface area contributed by atoms with Crippen LogP contribution in [0.4, 0.5) is 0 Å². The zero-order valence-corrected chi connectivity index (χ0v) is 9.96. The lowest BCUT2D eigenvalue weighted by molar-refractivity contribution is -0.262. The summed E-state index contributed by atoms with van der Waals surface area (Å²) in [6.07, 6.45) is 2.76. The lowest BCUT2D eigenvalue weighted by Gasteiger charge is -2.65. The molecule has 0 aromatic heterocycles. The maximum Gasteiger partial charge on any atom is 0.0944 e. The molecular formula is C12H22O2. The van der Waals surface area contributed by atoms with Gasteiger partial charge in [0.25, 0.3) is 0 Å². The molecule has 2 heteroatoms. The molecule has 2 nitrogen and oxygen atoms in total. The third-order valence-electron chi connectivity index (χ3n) is 5.02. The molecule has 3 fully saturated rings. The van der Waals surface area contributed by atoms with Crippen molar-refractivity contribution in [1.82, 2.24) is 0 Å². The van der Waals surface area contributed by atoms with Gasteiger partial charge in [0.15, 0.2) is 0 Å². The molecule has 0 amide bonds. The first-order chi connectivity index (χ1) is 6.46. The molecule has 0 N–H and O–H groups in total. The number of hydrogen-bond acceptors (Lipinski definition) is 2. The van der Waals surface area contributed by atoms with Crippen molar-refractivity contribution in [2.45, 2.75) is 45.3 Å². The van der Waals surface area contributed by atoms with Crippen LogP contribution in [0.1, 0.15) is 33.6 Å². The molecule has 0 aliphatic heterocycles. The Morgan fingerprint density at radius 2 is 1.71 bits per heavy atom. The lowest BCUT2D eigenvalue weighted by atomic mass is 9.43. The Hall–Kier alpha value is -0.0800. The van der Waals surface area contributed by atoms with Crippen LogP contribution in [0, 0.1) is 17.3 Å². The van der Waals surface area contributed by atoms with Crippen molar-refractivity contribution >= 4 is 0 Å². The summed E-state index contributed by atoms with van der Waals surface area (Å²) >= 11 is 0. The average molecular weight is 198 g/mol. The highest BCUT2D eigenvalue weighted by Crippen LogP contribution is 2.63. The molecule has 0 spiro atoms. The van der Waals surface area contributed by atoms with Crippen LogP contribution in [0.3, 0.4) is 0 Å². The van der Waals surface area contributed by atoms with E-state index in [4.69, 9.17) is 9.47 Å². The molecule has 1 unspecified atom stereocenters. The topological polar surface area (TPSA) is 18.5 Å². The van der Waals surface area contributed by atoms with Crippen LogP contribution in [0.2, 0.25) is 0 Å². The van der Waals surface area contributed by atoms with Gasteiger partial charge in [-0.2, -0.15) is 0 Å². The smallest absolute Gasteiger partial charge is 0.0944 e. The molecule has 0 aromatic rings. The highest BCUT2D eigenvalue weighted by Gasteiger charge is 2.63. The van der Waals surface area contributed by atoms with Gasteiger partial charge in [-0.3, -0.25) is 0 Å². The van der Waals surface area contributed by atoms with Crippen molar-refractivity contribution in [3.8, 4) is 0 Å². The van der Waals surface area contributed by atoms with Crippen LogP contribution in [0.5, 0.6) is 0 Å². The zero-order valence-electron chi connectivity index (χ0n) is 9.96. The van der Waals surface area contributed by atoms with E-state index < -0.39 is 0 Å². The second kappa shape index (κ2) is 2.96. The first-order valence-electron chi connectivity index (χ1n) is 5.54. The maximum atomic E-state index is 5.74. The fraction of sp³-hybridized carbons (Fsp3) is 1.00. The monoisotopic (exact) mass is 198 g/mol. The Kier molecular flexibility index (Phi) is 2.20. The van der Waals surface area contributed by atoms with Gasteiger partial charge in [0.1, 0.15) is 0 Å². The molecule has 0 radical (unpaired) electrons. The summed E-state index contributed by atoms with van der Waals surface area (Å²) in [7, 11) is 3.63. The van der Waals surface area contributed by atoms with Gasteiger partial charge < -0.3 is 9.47 Å². The normalized spacial score (nSPS) is 49.9. The molecule has 3 saturated carbocycles. The van der Waals surface area contributed by atoms with Crippen LogP contribution >= 0.6 is 0 Å². The van der Waals surface area contributed by atoms with E-state index in [1.165, 1.54) is 6.42 Å². The highest BCUT2D eigenvalue weighted by molar-refractivity contribution is 5.13. The predicted molar refractivity (Wildman–Crippen MR) is 56.2 cm³/mol. The fourth-order valence-corrected chi connectivity index (χ4v) is 3.71. The summed E-state index contributed by atoms with van der Waals surface area (Å²) in [6, 6.07) is 0. The van der Waals surface area contributed by atoms with E-state index in [9.17, 15) is 0 Å². The Bertz CT molecular complexity index is 236. The van der Waals surface area contributed by atoms with Gasteiger partial charge in [-0.15, -0.1) is 0 Å². The molecule has 3 aliphatic carbocycles. The van der Waals surface area contributed by atoms with Crippen molar-refractivity contribution in [1.29, 1.82) is 0 Å². The van der Waals surface area contributed by atoms with Crippen molar-refractivity contribution in [3.05, 3.63) is 0 Å². The summed E-state index contributed by atoms with van der Waals surface area (Å²) in [5, 5.41) is 0. The minimum absolute atomic E-state index is 0.0764. The minimum Gasteiger partial charge on any atom is -0.378 e. The van der Waals surface area contributed by atoms with Crippen LogP contribution in [-0.2, 0) is 9.47 Å². The third kappa shape index (κ3) is 1.04. The quantitative estimate of drug-likeness (QED) is 0.678. The summed E-state index contributed by atoms with van der Waals surface area (Å²) in [4.78, 5) is 0. The number of hydrogen-bond donors (Lipinski definition) is 0. The highest BCUT2D eigenvalue weighted by atomic mass is 16.5.